The minimum absolute atomic E-state index is 0.0480. The molecular weight excluding hydrogens is 1250 g/mol. The Morgan fingerprint density at radius 3 is 1.27 bits per heavy atom. The predicted molar refractivity (Wildman–Crippen MR) is 342 cm³/mol. The molecule has 12 aromatic rings. The summed E-state index contributed by atoms with van der Waals surface area (Å²) < 4.78 is 121. The number of methoxy groups -OCH3 is 2. The van der Waals surface area contributed by atoms with E-state index in [4.69, 9.17) is 18.9 Å². The van der Waals surface area contributed by atoms with Gasteiger partial charge in [0, 0.05) is 98.1 Å². The highest BCUT2D eigenvalue weighted by atomic mass is 19.1. The first kappa shape index (κ1) is 63.8. The summed E-state index contributed by atoms with van der Waals surface area (Å²) in [6, 6.07) is 33.5. The lowest BCUT2D eigenvalue weighted by Gasteiger charge is -2.12. The molecule has 2 fully saturated rings. The molecule has 0 radical (unpaired) electrons. The van der Waals surface area contributed by atoms with Gasteiger partial charge in [-0.05, 0) is 133 Å². The van der Waals surface area contributed by atoms with E-state index in [-0.39, 0.29) is 82.6 Å². The van der Waals surface area contributed by atoms with E-state index in [1.54, 1.807) is 82.2 Å². The average molecular weight is 1310 g/mol. The maximum atomic E-state index is 15.5. The molecule has 6 aromatic heterocycles. The van der Waals surface area contributed by atoms with Gasteiger partial charge in [-0.2, -0.15) is 10.2 Å². The molecule has 24 heteroatoms. The zero-order valence-corrected chi connectivity index (χ0v) is 51.7. The number of hydrogen-bond acceptors (Lipinski definition) is 12. The molecule has 0 spiro atoms. The van der Waals surface area contributed by atoms with Crippen LogP contribution in [-0.4, -0.2) is 98.2 Å². The van der Waals surface area contributed by atoms with Gasteiger partial charge in [0.05, 0.1) is 82.3 Å². The van der Waals surface area contributed by atoms with Gasteiger partial charge in [-0.3, -0.25) is 9.36 Å². The molecule has 0 bridgehead atoms. The third-order valence-electron chi connectivity index (χ3n) is 16.7. The number of aromatic carboxylic acids is 2. The minimum atomic E-state index is -1.08. The molecule has 2 saturated carbocycles. The molecule has 18 nitrogen and oxygen atoms in total. The third kappa shape index (κ3) is 14.1. The number of carboxylic acid groups (broad SMARTS) is 2. The predicted octanol–water partition coefficient (Wildman–Crippen LogP) is 14.5. The molecule has 96 heavy (non-hydrogen) atoms. The lowest BCUT2D eigenvalue weighted by molar-refractivity contribution is 0.0686. The molecule has 2 N–H and O–H groups in total. The molecule has 0 unspecified atom stereocenters. The lowest BCUT2D eigenvalue weighted by Crippen LogP contribution is -2.10. The van der Waals surface area contributed by atoms with Gasteiger partial charge >= 0.3 is 11.9 Å². The summed E-state index contributed by atoms with van der Waals surface area (Å²) in [7, 11) is 3.07. The first-order valence-corrected chi connectivity index (χ1v) is 30.8. The largest absolute Gasteiger partial charge is 0.478 e. The van der Waals surface area contributed by atoms with E-state index in [2.05, 4.69) is 30.1 Å². The van der Waals surface area contributed by atoms with Crippen molar-refractivity contribution in [1.29, 1.82) is 0 Å². The van der Waals surface area contributed by atoms with Crippen LogP contribution in [0.1, 0.15) is 92.4 Å². The minimum Gasteiger partial charge on any atom is -0.478 e. The fraction of sp³-hybridized carbons (Fsp3) is 0.222. The van der Waals surface area contributed by atoms with Crippen molar-refractivity contribution in [3.63, 3.8) is 0 Å². The van der Waals surface area contributed by atoms with E-state index in [0.717, 1.165) is 61.1 Å². The maximum Gasteiger partial charge on any atom is 0.335 e. The Balaban J connectivity index is 0.000000174. The topological polar surface area (TPSA) is 209 Å². The summed E-state index contributed by atoms with van der Waals surface area (Å²) in [4.78, 5) is 40.9. The van der Waals surface area contributed by atoms with Gasteiger partial charge in [-0.1, -0.05) is 36.4 Å². The van der Waals surface area contributed by atoms with Crippen molar-refractivity contribution in [2.45, 2.75) is 76.9 Å². The van der Waals surface area contributed by atoms with Crippen LogP contribution in [0.4, 0.5) is 26.3 Å². The number of imidazole rings is 2. The number of halogens is 6. The highest BCUT2D eigenvalue weighted by molar-refractivity contribution is 5.93. The quantitative estimate of drug-likeness (QED) is 0.0540. The number of carbonyl (C=O) groups is 2. The summed E-state index contributed by atoms with van der Waals surface area (Å²) in [5, 5.41) is 27.6. The zero-order chi connectivity index (χ0) is 66.7. The van der Waals surface area contributed by atoms with Crippen molar-refractivity contribution < 1.29 is 65.1 Å². The summed E-state index contributed by atoms with van der Waals surface area (Å²) in [5.41, 5.74) is 6.35. The van der Waals surface area contributed by atoms with E-state index in [9.17, 15) is 28.6 Å². The molecule has 0 atom stereocenters. The molecule has 14 rings (SSSR count). The normalized spacial score (nSPS) is 12.9. The Kier molecular flexibility index (Phi) is 18.3. The van der Waals surface area contributed by atoms with Crippen molar-refractivity contribution in [2.75, 3.05) is 27.4 Å². The van der Waals surface area contributed by atoms with Gasteiger partial charge in [0.2, 0.25) is 11.8 Å². The van der Waals surface area contributed by atoms with Crippen LogP contribution < -0.4 is 9.47 Å². The van der Waals surface area contributed by atoms with Gasteiger partial charge in [-0.15, -0.1) is 0 Å². The van der Waals surface area contributed by atoms with Crippen LogP contribution >= 0.6 is 0 Å². The number of fused-ring (bicyclic) bond motifs is 2. The Bertz CT molecular complexity index is 4620. The Morgan fingerprint density at radius 1 is 0.469 bits per heavy atom. The fourth-order valence-electron chi connectivity index (χ4n) is 11.3. The van der Waals surface area contributed by atoms with Crippen LogP contribution in [0.3, 0.4) is 0 Å². The van der Waals surface area contributed by atoms with E-state index < -0.39 is 46.8 Å². The number of nitrogens with zero attached hydrogens (tertiary/aromatic N) is 10. The van der Waals surface area contributed by atoms with Crippen LogP contribution in [0, 0.1) is 34.9 Å². The van der Waals surface area contributed by atoms with E-state index >= 15 is 17.6 Å². The fourth-order valence-corrected chi connectivity index (χ4v) is 11.3. The summed E-state index contributed by atoms with van der Waals surface area (Å²) in [6.45, 7) is 1.06. The molecule has 2 aliphatic carbocycles. The SMILES string of the molecule is COCCn1c(Cc2cc(F)c(-c3cccc(OCc4ccc(-c5cnn(C6CC6)c5)cc4F)n3)cc2F)nc2ccc(C(=O)O)cc21.COCCn1c(Cc2cc(F)c(-c3cccc(OCc4ccc(-c5cnn(C6CC6)c5)cc4F)n3)cc2F)nc2ccc(C(=O)O)cc21. The van der Waals surface area contributed by atoms with Crippen LogP contribution in [-0.2, 0) is 48.6 Å². The number of pyridine rings is 2. The molecular formula is C72H60F6N10O8. The van der Waals surface area contributed by atoms with Gasteiger partial charge < -0.3 is 38.3 Å². The van der Waals surface area contributed by atoms with Crippen LogP contribution in [0.25, 0.3) is 66.8 Å². The third-order valence-corrected chi connectivity index (χ3v) is 16.7. The lowest BCUT2D eigenvalue weighted by atomic mass is 10.0. The molecule has 488 valence electrons. The maximum absolute atomic E-state index is 15.5. The Hall–Kier alpha value is -11.0. The smallest absolute Gasteiger partial charge is 0.335 e. The summed E-state index contributed by atoms with van der Waals surface area (Å²) in [6.07, 6.45) is 11.6. The number of carboxylic acids is 2. The van der Waals surface area contributed by atoms with Crippen molar-refractivity contribution in [1.82, 2.24) is 48.6 Å². The van der Waals surface area contributed by atoms with Crippen molar-refractivity contribution >= 4 is 34.0 Å². The standard InChI is InChI=1S/2C36H30F3N5O4/c2*1-47-12-11-43-33-15-22(36(45)46)7-10-32(33)41-34(43)16-24-14-30(39)27(17-29(24)38)31-3-2-4-35(42-31)48-20-23-6-5-21(13-28(23)37)25-18-40-44(19-25)26-8-9-26/h2*2-7,10,13-15,17-19,26H,8-9,11-12,16,20H2,1H3,(H,45,46). The number of ether oxygens (including phenoxy) is 4. The second kappa shape index (κ2) is 27.5. The van der Waals surface area contributed by atoms with Crippen molar-refractivity contribution in [3.05, 3.63) is 238 Å². The highest BCUT2D eigenvalue weighted by Crippen LogP contribution is 2.38. The van der Waals surface area contributed by atoms with Crippen LogP contribution in [0.5, 0.6) is 11.8 Å². The Morgan fingerprint density at radius 2 is 0.885 bits per heavy atom. The molecule has 6 heterocycles. The van der Waals surface area contributed by atoms with Crippen molar-refractivity contribution in [2.24, 2.45) is 0 Å². The number of aromatic nitrogens is 10. The van der Waals surface area contributed by atoms with Crippen LogP contribution in [0.15, 0.2) is 158 Å². The first-order valence-electron chi connectivity index (χ1n) is 30.8. The van der Waals surface area contributed by atoms with Gasteiger partial charge in [0.15, 0.2) is 0 Å². The Labute approximate surface area is 544 Å². The van der Waals surface area contributed by atoms with Gasteiger partial charge in [0.1, 0.15) is 59.8 Å². The molecule has 0 saturated heterocycles. The second-order valence-electron chi connectivity index (χ2n) is 23.4. The highest BCUT2D eigenvalue weighted by Gasteiger charge is 2.27. The number of hydrogen-bond donors (Lipinski definition) is 2. The number of rotatable bonds is 24. The van der Waals surface area contributed by atoms with E-state index in [0.29, 0.717) is 94.4 Å². The summed E-state index contributed by atoms with van der Waals surface area (Å²) >= 11 is 0. The first-order chi connectivity index (χ1) is 46.5. The van der Waals surface area contributed by atoms with Gasteiger partial charge in [0.25, 0.3) is 0 Å². The van der Waals surface area contributed by atoms with Gasteiger partial charge in [-0.25, -0.2) is 55.9 Å². The molecule has 2 aliphatic rings. The molecule has 6 aromatic carbocycles. The average Bonchev–Trinajstić information content (AvgIpc) is 1.70. The monoisotopic (exact) mass is 1310 g/mol. The van der Waals surface area contributed by atoms with Crippen molar-refractivity contribution in [3.8, 4) is 56.5 Å². The summed E-state index contributed by atoms with van der Waals surface area (Å²) in [5.74, 6) is -4.67. The van der Waals surface area contributed by atoms with E-state index in [1.165, 1.54) is 62.8 Å². The molecule has 0 aliphatic heterocycles. The van der Waals surface area contributed by atoms with Crippen LogP contribution in [0.2, 0.25) is 0 Å². The number of benzene rings is 6. The second-order valence-corrected chi connectivity index (χ2v) is 23.4. The zero-order valence-electron chi connectivity index (χ0n) is 51.7. The van der Waals surface area contributed by atoms with E-state index in [1.807, 2.05) is 21.8 Å². The molecule has 0 amide bonds.